The van der Waals surface area contributed by atoms with Crippen molar-refractivity contribution in [2.24, 2.45) is 40.4 Å². The summed E-state index contributed by atoms with van der Waals surface area (Å²) in [7, 11) is 0. The van der Waals surface area contributed by atoms with Gasteiger partial charge in [0.25, 0.3) is 0 Å². The Hall–Kier alpha value is -2.09. The largest absolute Gasteiger partial charge is 0.457 e. The fraction of sp³-hybridized carbons (Fsp3) is 0.719. The number of fused-ring (bicyclic) bond motifs is 7. The average molecular weight is 539 g/mol. The number of allylic oxidation sites excluding steroid dienone is 6. The van der Waals surface area contributed by atoms with Gasteiger partial charge in [-0.25, -0.2) is 0 Å². The summed E-state index contributed by atoms with van der Waals surface area (Å²) < 4.78 is 19.0. The van der Waals surface area contributed by atoms with Gasteiger partial charge in [-0.1, -0.05) is 51.5 Å². The van der Waals surface area contributed by atoms with Crippen LogP contribution in [-0.4, -0.2) is 53.3 Å². The monoisotopic (exact) mass is 538 g/mol. The van der Waals surface area contributed by atoms with Crippen molar-refractivity contribution < 1.29 is 33.7 Å². The summed E-state index contributed by atoms with van der Waals surface area (Å²) in [5, 5.41) is 11.9. The molecule has 39 heavy (non-hydrogen) atoms. The summed E-state index contributed by atoms with van der Waals surface area (Å²) >= 11 is 0. The number of hydrogen-bond acceptors (Lipinski definition) is 7. The molecule has 1 heterocycles. The first-order chi connectivity index (χ1) is 18.5. The van der Waals surface area contributed by atoms with Gasteiger partial charge in [0.1, 0.15) is 0 Å². The fourth-order valence-corrected chi connectivity index (χ4v) is 9.28. The summed E-state index contributed by atoms with van der Waals surface area (Å²) in [4.78, 5) is 38.7. The highest BCUT2D eigenvalue weighted by atomic mass is 16.7. The van der Waals surface area contributed by atoms with Crippen LogP contribution in [0.1, 0.15) is 72.6 Å². The fourth-order valence-electron chi connectivity index (χ4n) is 9.28. The molecule has 6 aliphatic rings. The van der Waals surface area contributed by atoms with Crippen LogP contribution in [-0.2, 0) is 28.6 Å². The second-order valence-electron chi connectivity index (χ2n) is 13.5. The minimum atomic E-state index is -1.28. The lowest BCUT2D eigenvalue weighted by Crippen LogP contribution is -2.63. The Bertz CT molecular complexity index is 1150. The highest BCUT2D eigenvalue weighted by molar-refractivity contribution is 6.01. The number of ketones is 2. The molecule has 3 saturated carbocycles. The van der Waals surface area contributed by atoms with Crippen molar-refractivity contribution in [1.82, 2.24) is 0 Å². The lowest BCUT2D eigenvalue weighted by atomic mass is 9.46. The Morgan fingerprint density at radius 3 is 2.72 bits per heavy atom. The molecule has 5 aliphatic carbocycles. The van der Waals surface area contributed by atoms with E-state index in [0.717, 1.165) is 37.7 Å². The number of ether oxygens (including phenoxy) is 3. The first kappa shape index (κ1) is 27.1. The third-order valence-corrected chi connectivity index (χ3v) is 11.2. The Kier molecular flexibility index (Phi) is 6.59. The molecule has 0 aromatic carbocycles. The zero-order valence-corrected chi connectivity index (χ0v) is 23.6. The van der Waals surface area contributed by atoms with Gasteiger partial charge in [-0.2, -0.15) is 0 Å². The van der Waals surface area contributed by atoms with Crippen molar-refractivity contribution >= 4 is 17.5 Å². The van der Waals surface area contributed by atoms with E-state index >= 15 is 0 Å². The predicted octanol–water partition coefficient (Wildman–Crippen LogP) is 4.48. The van der Waals surface area contributed by atoms with Gasteiger partial charge in [0, 0.05) is 22.7 Å². The molecule has 1 aliphatic heterocycles. The highest BCUT2D eigenvalue weighted by Crippen LogP contribution is 2.70. The van der Waals surface area contributed by atoms with E-state index in [0.29, 0.717) is 12.8 Å². The number of rotatable bonds is 5. The summed E-state index contributed by atoms with van der Waals surface area (Å²) in [6.07, 6.45) is 13.5. The quantitative estimate of drug-likeness (QED) is 0.407. The van der Waals surface area contributed by atoms with E-state index in [2.05, 4.69) is 26.0 Å². The van der Waals surface area contributed by atoms with Crippen LogP contribution in [0.4, 0.5) is 0 Å². The topological polar surface area (TPSA) is 99.1 Å². The highest BCUT2D eigenvalue weighted by Gasteiger charge is 2.76. The predicted molar refractivity (Wildman–Crippen MR) is 143 cm³/mol. The second-order valence-corrected chi connectivity index (χ2v) is 13.5. The molecule has 1 N–H and O–H groups in total. The Balaban J connectivity index is 1.36. The molecule has 10 atom stereocenters. The molecule has 212 valence electrons. The Morgan fingerprint density at radius 2 is 2.00 bits per heavy atom. The molecule has 0 radical (unpaired) electrons. The van der Waals surface area contributed by atoms with Gasteiger partial charge in [-0.3, -0.25) is 14.4 Å². The lowest BCUT2D eigenvalue weighted by Gasteiger charge is -2.59. The van der Waals surface area contributed by atoms with Gasteiger partial charge in [0.2, 0.25) is 5.78 Å². The number of carbonyl (C=O) groups excluding carboxylic acids is 3. The van der Waals surface area contributed by atoms with E-state index < -0.39 is 40.9 Å². The van der Waals surface area contributed by atoms with E-state index in [9.17, 15) is 19.5 Å². The van der Waals surface area contributed by atoms with Gasteiger partial charge in [-0.05, 0) is 68.9 Å². The smallest absolute Gasteiger partial charge is 0.308 e. The number of aliphatic hydroxyl groups excluding tert-OH is 1. The van der Waals surface area contributed by atoms with Gasteiger partial charge in [-0.15, -0.1) is 0 Å². The molecule has 6 rings (SSSR count). The lowest BCUT2D eigenvalue weighted by molar-refractivity contribution is -0.209. The van der Waals surface area contributed by atoms with Gasteiger partial charge in [0.15, 0.2) is 24.3 Å². The van der Waals surface area contributed by atoms with Gasteiger partial charge in [0.05, 0.1) is 18.1 Å². The molecule has 7 nitrogen and oxygen atoms in total. The summed E-state index contributed by atoms with van der Waals surface area (Å²) in [6, 6.07) is 0. The third kappa shape index (κ3) is 3.90. The summed E-state index contributed by atoms with van der Waals surface area (Å²) in [5.41, 5.74) is -1.24. The zero-order valence-electron chi connectivity index (χ0n) is 23.6. The molecule has 4 fully saturated rings. The molecule has 7 heteroatoms. The average Bonchev–Trinajstić information content (AvgIpc) is 3.41. The number of Topliss-reactive ketones (excluding diaryl/α,β-unsaturated/α-hetero) is 1. The first-order valence-electron chi connectivity index (χ1n) is 14.8. The minimum absolute atomic E-state index is 0.0114. The molecule has 0 amide bonds. The van der Waals surface area contributed by atoms with Gasteiger partial charge >= 0.3 is 5.97 Å². The first-order valence-corrected chi connectivity index (χ1v) is 14.8. The summed E-state index contributed by atoms with van der Waals surface area (Å²) in [6.45, 7) is 7.39. The van der Waals surface area contributed by atoms with Crippen LogP contribution in [0.5, 0.6) is 0 Å². The van der Waals surface area contributed by atoms with E-state index in [-0.39, 0.29) is 47.8 Å². The number of hydrogen-bond donors (Lipinski definition) is 1. The molecule has 0 bridgehead atoms. The molecular weight excluding hydrogens is 496 g/mol. The Morgan fingerprint density at radius 1 is 1.21 bits per heavy atom. The van der Waals surface area contributed by atoms with E-state index in [4.69, 9.17) is 14.2 Å². The maximum atomic E-state index is 14.2. The van der Waals surface area contributed by atoms with Crippen LogP contribution in [0.3, 0.4) is 0 Å². The molecule has 1 unspecified atom stereocenters. The van der Waals surface area contributed by atoms with Crippen molar-refractivity contribution in [3.8, 4) is 0 Å². The standard InChI is InChI=1S/C32H42O7/c1-18(2)28(36)37-17-25(35)32-26(38-29(39-32)19-8-6-5-7-9-19)15-23-22-11-10-20-14-21(33)12-13-30(20,3)27(22)24(34)16-31(23,32)4/h5-6,12-14,18-19,22-24,26-27,29,34H,7-11,15-17H2,1-4H3/t19?,22-,23-,24-,26+,27+,29+,30-,31-,32+/m0/s1. The molecule has 0 aromatic heterocycles. The molecule has 1 saturated heterocycles. The van der Waals surface area contributed by atoms with E-state index in [1.54, 1.807) is 26.0 Å². The Labute approximate surface area is 231 Å². The van der Waals surface area contributed by atoms with Crippen molar-refractivity contribution in [2.75, 3.05) is 6.61 Å². The van der Waals surface area contributed by atoms with Crippen LogP contribution >= 0.6 is 0 Å². The van der Waals surface area contributed by atoms with E-state index in [1.165, 1.54) is 0 Å². The number of esters is 1. The number of carbonyl (C=O) groups is 3. The number of aliphatic hydroxyl groups is 1. The van der Waals surface area contributed by atoms with Crippen LogP contribution < -0.4 is 0 Å². The maximum Gasteiger partial charge on any atom is 0.308 e. The van der Waals surface area contributed by atoms with Crippen molar-refractivity contribution in [3.63, 3.8) is 0 Å². The van der Waals surface area contributed by atoms with Crippen LogP contribution in [0.15, 0.2) is 36.0 Å². The van der Waals surface area contributed by atoms with Crippen LogP contribution in [0.25, 0.3) is 0 Å². The van der Waals surface area contributed by atoms with Crippen LogP contribution in [0, 0.1) is 40.4 Å². The normalized spacial score (nSPS) is 46.3. The van der Waals surface area contributed by atoms with Crippen molar-refractivity contribution in [3.05, 3.63) is 36.0 Å². The third-order valence-electron chi connectivity index (χ3n) is 11.2. The molecular formula is C32H42O7. The minimum Gasteiger partial charge on any atom is -0.457 e. The van der Waals surface area contributed by atoms with Crippen LogP contribution in [0.2, 0.25) is 0 Å². The van der Waals surface area contributed by atoms with E-state index in [1.807, 2.05) is 6.08 Å². The zero-order chi connectivity index (χ0) is 27.7. The summed E-state index contributed by atoms with van der Waals surface area (Å²) in [5.74, 6) is -0.631. The molecule has 0 spiro atoms. The van der Waals surface area contributed by atoms with Crippen molar-refractivity contribution in [2.45, 2.75) is 96.7 Å². The molecule has 0 aromatic rings. The second kappa shape index (κ2) is 9.49. The maximum absolute atomic E-state index is 14.2. The van der Waals surface area contributed by atoms with Crippen molar-refractivity contribution in [1.29, 1.82) is 0 Å². The SMILES string of the molecule is CC(C)C(=O)OCC(=O)[C@@]12O[C@H](C3CC=CCC3)O[C@@H]1C[C@H]1[C@@H]3CCC4=CC(=O)C=C[C@]4(C)[C@H]3[C@@H](O)C[C@@]12C. The van der Waals surface area contributed by atoms with Gasteiger partial charge < -0.3 is 19.3 Å².